The van der Waals surface area contributed by atoms with E-state index in [1.165, 1.54) is 11.3 Å². The number of aryl methyl sites for hydroxylation is 1. The Morgan fingerprint density at radius 2 is 2.10 bits per heavy atom. The molecule has 1 atom stereocenters. The third-order valence-electron chi connectivity index (χ3n) is 5.13. The summed E-state index contributed by atoms with van der Waals surface area (Å²) in [5, 5.41) is 1.42. The molecule has 0 N–H and O–H groups in total. The summed E-state index contributed by atoms with van der Waals surface area (Å²) in [5.74, 6) is -0.415. The zero-order chi connectivity index (χ0) is 21.3. The van der Waals surface area contributed by atoms with Gasteiger partial charge in [0.25, 0.3) is 0 Å². The predicted octanol–water partition coefficient (Wildman–Crippen LogP) is 5.03. The third-order valence-corrected chi connectivity index (χ3v) is 9.03. The summed E-state index contributed by atoms with van der Waals surface area (Å²) in [4.78, 5) is 12.4. The monoisotopic (exact) mass is 464 g/mol. The van der Waals surface area contributed by atoms with Crippen LogP contribution >= 0.6 is 22.9 Å². The van der Waals surface area contributed by atoms with Crippen molar-refractivity contribution in [2.24, 2.45) is 5.92 Å². The summed E-state index contributed by atoms with van der Waals surface area (Å²) in [6, 6.07) is 12.0. The van der Waals surface area contributed by atoms with Crippen molar-refractivity contribution in [2.45, 2.75) is 23.3 Å². The van der Waals surface area contributed by atoms with Gasteiger partial charge in [0.1, 0.15) is 4.21 Å². The maximum atomic E-state index is 13.1. The standard InChI is InChI=1S/C22H21ClO5S2/c1-14-19-10-18(23)5-6-20(19)29-22(14)30(25,26)13-15-3-2-4-17(9-15)21(24)28-12-16-7-8-27-11-16/h2-6,9-10,16H,7-8,11-13H2,1H3. The molecule has 0 bridgehead atoms. The maximum Gasteiger partial charge on any atom is 0.338 e. The number of ether oxygens (including phenoxy) is 2. The van der Waals surface area contributed by atoms with E-state index in [1.807, 2.05) is 6.07 Å². The minimum Gasteiger partial charge on any atom is -0.462 e. The molecule has 8 heteroatoms. The van der Waals surface area contributed by atoms with Gasteiger partial charge >= 0.3 is 5.97 Å². The Balaban J connectivity index is 1.53. The highest BCUT2D eigenvalue weighted by atomic mass is 35.5. The fraction of sp³-hybridized carbons (Fsp3) is 0.318. The van der Waals surface area contributed by atoms with Crippen molar-refractivity contribution in [3.63, 3.8) is 0 Å². The molecule has 2 aromatic carbocycles. The number of halogens is 1. The van der Waals surface area contributed by atoms with Gasteiger partial charge in [0.05, 0.1) is 24.5 Å². The molecule has 5 nitrogen and oxygen atoms in total. The number of sulfone groups is 1. The van der Waals surface area contributed by atoms with Crippen LogP contribution in [0.5, 0.6) is 0 Å². The smallest absolute Gasteiger partial charge is 0.338 e. The number of carbonyl (C=O) groups excluding carboxylic acids is 1. The third kappa shape index (κ3) is 4.54. The Kier molecular flexibility index (Phi) is 6.16. The van der Waals surface area contributed by atoms with E-state index in [0.29, 0.717) is 45.7 Å². The second-order valence-electron chi connectivity index (χ2n) is 7.44. The van der Waals surface area contributed by atoms with E-state index in [4.69, 9.17) is 21.1 Å². The summed E-state index contributed by atoms with van der Waals surface area (Å²) in [6.07, 6.45) is 0.880. The van der Waals surface area contributed by atoms with E-state index < -0.39 is 15.8 Å². The van der Waals surface area contributed by atoms with E-state index in [1.54, 1.807) is 43.3 Å². The first-order valence-corrected chi connectivity index (χ1v) is 12.4. The van der Waals surface area contributed by atoms with Crippen LogP contribution in [-0.2, 0) is 25.1 Å². The highest BCUT2D eigenvalue weighted by Crippen LogP contribution is 2.37. The van der Waals surface area contributed by atoms with Crippen LogP contribution in [0.15, 0.2) is 46.7 Å². The molecule has 30 heavy (non-hydrogen) atoms. The average molecular weight is 465 g/mol. The molecule has 1 fully saturated rings. The molecule has 0 radical (unpaired) electrons. The SMILES string of the molecule is Cc1c(S(=O)(=O)Cc2cccc(C(=O)OCC3CCOC3)c2)sc2ccc(Cl)cc12. The average Bonchev–Trinajstić information content (AvgIpc) is 3.34. The first-order chi connectivity index (χ1) is 14.3. The number of esters is 1. The van der Waals surface area contributed by atoms with Gasteiger partial charge in [-0.1, -0.05) is 23.7 Å². The number of fused-ring (bicyclic) bond motifs is 1. The van der Waals surface area contributed by atoms with Crippen molar-refractivity contribution >= 4 is 48.8 Å². The maximum absolute atomic E-state index is 13.1. The van der Waals surface area contributed by atoms with Crippen LogP contribution < -0.4 is 0 Å². The van der Waals surface area contributed by atoms with E-state index in [2.05, 4.69) is 0 Å². The molecule has 158 valence electrons. The molecular formula is C22H21ClO5S2. The second kappa shape index (κ2) is 8.67. The molecule has 1 unspecified atom stereocenters. The van der Waals surface area contributed by atoms with Gasteiger partial charge in [-0.15, -0.1) is 11.3 Å². The number of carbonyl (C=O) groups is 1. The van der Waals surface area contributed by atoms with Crippen molar-refractivity contribution in [2.75, 3.05) is 19.8 Å². The van der Waals surface area contributed by atoms with Gasteiger partial charge in [0.2, 0.25) is 0 Å². The Morgan fingerprint density at radius 1 is 1.27 bits per heavy atom. The van der Waals surface area contributed by atoms with Crippen LogP contribution in [0.2, 0.25) is 5.02 Å². The van der Waals surface area contributed by atoms with E-state index in [9.17, 15) is 13.2 Å². The van der Waals surface area contributed by atoms with Crippen molar-refractivity contribution in [3.05, 3.63) is 64.2 Å². The number of thiophene rings is 1. The Labute approximate surface area is 184 Å². The molecule has 0 amide bonds. The molecule has 4 rings (SSSR count). The largest absolute Gasteiger partial charge is 0.462 e. The van der Waals surface area contributed by atoms with Crippen LogP contribution in [0.25, 0.3) is 10.1 Å². The van der Waals surface area contributed by atoms with Crippen LogP contribution in [0, 0.1) is 12.8 Å². The van der Waals surface area contributed by atoms with Gasteiger partial charge in [-0.3, -0.25) is 0 Å². The van der Waals surface area contributed by atoms with Gasteiger partial charge in [-0.2, -0.15) is 0 Å². The summed E-state index contributed by atoms with van der Waals surface area (Å²) in [5.41, 5.74) is 1.59. The van der Waals surface area contributed by atoms with Crippen molar-refractivity contribution in [1.29, 1.82) is 0 Å². The minimum atomic E-state index is -3.58. The lowest BCUT2D eigenvalue weighted by atomic mass is 10.1. The van der Waals surface area contributed by atoms with E-state index in [-0.39, 0.29) is 11.7 Å². The Hall–Kier alpha value is -1.93. The normalized spacial score (nSPS) is 16.8. The number of hydrogen-bond donors (Lipinski definition) is 0. The molecule has 0 spiro atoms. The lowest BCUT2D eigenvalue weighted by Gasteiger charge is -2.10. The number of rotatable bonds is 6. The summed E-state index contributed by atoms with van der Waals surface area (Å²) in [6.45, 7) is 3.40. The number of hydrogen-bond acceptors (Lipinski definition) is 6. The second-order valence-corrected chi connectivity index (χ2v) is 11.1. The summed E-state index contributed by atoms with van der Waals surface area (Å²) in [7, 11) is -3.58. The summed E-state index contributed by atoms with van der Waals surface area (Å²) < 4.78 is 38.1. The zero-order valence-electron chi connectivity index (χ0n) is 16.4. The molecule has 1 saturated heterocycles. The molecular weight excluding hydrogens is 444 g/mol. The molecule has 1 aliphatic rings. The van der Waals surface area contributed by atoms with Gasteiger partial charge in [0, 0.05) is 22.2 Å². The fourth-order valence-electron chi connectivity index (χ4n) is 3.53. The van der Waals surface area contributed by atoms with Crippen molar-refractivity contribution in [1.82, 2.24) is 0 Å². The molecule has 0 saturated carbocycles. The minimum absolute atomic E-state index is 0.189. The van der Waals surface area contributed by atoms with Crippen molar-refractivity contribution < 1.29 is 22.7 Å². The fourth-order valence-corrected chi connectivity index (χ4v) is 6.90. The summed E-state index contributed by atoms with van der Waals surface area (Å²) >= 11 is 7.30. The number of benzene rings is 2. The van der Waals surface area contributed by atoms with Gasteiger partial charge < -0.3 is 9.47 Å². The van der Waals surface area contributed by atoms with Crippen LogP contribution in [0.3, 0.4) is 0 Å². The van der Waals surface area contributed by atoms with Crippen molar-refractivity contribution in [3.8, 4) is 0 Å². The van der Waals surface area contributed by atoms with E-state index >= 15 is 0 Å². The first-order valence-electron chi connectivity index (χ1n) is 9.59. The van der Waals surface area contributed by atoms with Gasteiger partial charge in [0.15, 0.2) is 9.84 Å². The van der Waals surface area contributed by atoms with Gasteiger partial charge in [-0.05, 0) is 60.2 Å². The lowest BCUT2D eigenvalue weighted by molar-refractivity contribution is 0.0428. The molecule has 1 aromatic heterocycles. The van der Waals surface area contributed by atoms with Gasteiger partial charge in [-0.25, -0.2) is 13.2 Å². The zero-order valence-corrected chi connectivity index (χ0v) is 18.8. The van der Waals surface area contributed by atoms with Crippen LogP contribution in [0.1, 0.15) is 27.9 Å². The molecule has 0 aliphatic carbocycles. The topological polar surface area (TPSA) is 69.7 Å². The van der Waals surface area contributed by atoms with Crippen LogP contribution in [-0.4, -0.2) is 34.2 Å². The lowest BCUT2D eigenvalue weighted by Crippen LogP contribution is -2.14. The molecule has 1 aliphatic heterocycles. The van der Waals surface area contributed by atoms with Crippen LogP contribution in [0.4, 0.5) is 0 Å². The molecule has 2 heterocycles. The first kappa shape index (κ1) is 21.3. The molecule has 3 aromatic rings. The predicted molar refractivity (Wildman–Crippen MR) is 118 cm³/mol. The highest BCUT2D eigenvalue weighted by molar-refractivity contribution is 7.93. The Bertz CT molecular complexity index is 1190. The Morgan fingerprint density at radius 3 is 2.87 bits per heavy atom. The highest BCUT2D eigenvalue weighted by Gasteiger charge is 2.23. The van der Waals surface area contributed by atoms with E-state index in [0.717, 1.165) is 16.5 Å². The quantitative estimate of drug-likeness (QED) is 0.478.